The van der Waals surface area contributed by atoms with Crippen LogP contribution in [0.4, 0.5) is 5.82 Å². The Kier molecular flexibility index (Phi) is 9.78. The summed E-state index contributed by atoms with van der Waals surface area (Å²) in [6.07, 6.45) is 1.32. The van der Waals surface area contributed by atoms with Crippen molar-refractivity contribution < 1.29 is 14.3 Å². The minimum atomic E-state index is -0.0555. The van der Waals surface area contributed by atoms with Gasteiger partial charge in [0, 0.05) is 50.1 Å². The van der Waals surface area contributed by atoms with Gasteiger partial charge in [0.25, 0.3) is 0 Å². The van der Waals surface area contributed by atoms with Gasteiger partial charge in [0.05, 0.1) is 31.9 Å². The third-order valence-corrected chi connectivity index (χ3v) is 7.52. The molecule has 4 aromatic rings. The molecule has 5 rings (SSSR count). The molecule has 1 aliphatic heterocycles. The standard InChI is InChI=1S/C33H39N5O3/c1-25(26-9-4-3-5-10-26)34-31(39)17-20-38(19-8-18-37-21-23-41-24-22-37)33-29-11-6-7-12-30(29)35-32(36-33)27-13-15-28(40-2)16-14-27/h3-7,9-16,25H,8,17-24H2,1-2H3,(H,34,39)/t25-/m1/s1. The van der Waals surface area contributed by atoms with Crippen LogP contribution in [0.3, 0.4) is 0 Å². The van der Waals surface area contributed by atoms with Gasteiger partial charge in [0.15, 0.2) is 5.82 Å². The molecule has 0 saturated carbocycles. The summed E-state index contributed by atoms with van der Waals surface area (Å²) < 4.78 is 10.9. The number of carbonyl (C=O) groups excluding carboxylic acids is 1. The summed E-state index contributed by atoms with van der Waals surface area (Å²) in [5, 5.41) is 4.14. The van der Waals surface area contributed by atoms with E-state index in [1.807, 2.05) is 79.7 Å². The van der Waals surface area contributed by atoms with Crippen molar-refractivity contribution in [1.29, 1.82) is 0 Å². The summed E-state index contributed by atoms with van der Waals surface area (Å²) in [4.78, 5) is 27.8. The van der Waals surface area contributed by atoms with Gasteiger partial charge >= 0.3 is 0 Å². The zero-order chi connectivity index (χ0) is 28.4. The van der Waals surface area contributed by atoms with Crippen molar-refractivity contribution in [2.24, 2.45) is 0 Å². The molecular formula is C33H39N5O3. The molecule has 41 heavy (non-hydrogen) atoms. The first-order valence-electron chi connectivity index (χ1n) is 14.4. The molecule has 1 aromatic heterocycles. The smallest absolute Gasteiger partial charge is 0.222 e. The number of anilines is 1. The van der Waals surface area contributed by atoms with Crippen LogP contribution in [0, 0.1) is 0 Å². The molecule has 2 heterocycles. The van der Waals surface area contributed by atoms with Crippen LogP contribution < -0.4 is 15.0 Å². The van der Waals surface area contributed by atoms with Crippen LogP contribution in [0.5, 0.6) is 5.75 Å². The molecule has 0 bridgehead atoms. The van der Waals surface area contributed by atoms with Gasteiger partial charge in [-0.3, -0.25) is 9.69 Å². The summed E-state index contributed by atoms with van der Waals surface area (Å²) in [6.45, 7) is 7.81. The Morgan fingerprint density at radius 2 is 1.71 bits per heavy atom. The lowest BCUT2D eigenvalue weighted by Gasteiger charge is -2.29. The van der Waals surface area contributed by atoms with Crippen LogP contribution in [0.25, 0.3) is 22.3 Å². The first-order valence-corrected chi connectivity index (χ1v) is 14.4. The molecule has 8 heteroatoms. The minimum Gasteiger partial charge on any atom is -0.497 e. The van der Waals surface area contributed by atoms with E-state index < -0.39 is 0 Å². The molecule has 214 valence electrons. The van der Waals surface area contributed by atoms with E-state index in [2.05, 4.69) is 21.2 Å². The highest BCUT2D eigenvalue weighted by atomic mass is 16.5. The average Bonchev–Trinajstić information content (AvgIpc) is 3.03. The number of methoxy groups -OCH3 is 1. The SMILES string of the molecule is COc1ccc(-c2nc(N(CCCN3CCOCC3)CCC(=O)N[C@H](C)c3ccccc3)c3ccccc3n2)cc1. The number of benzene rings is 3. The Hall–Kier alpha value is -4.01. The monoisotopic (exact) mass is 553 g/mol. The molecule has 3 aromatic carbocycles. The number of ether oxygens (including phenoxy) is 2. The minimum absolute atomic E-state index is 0.0215. The van der Waals surface area contributed by atoms with Gasteiger partial charge in [-0.1, -0.05) is 42.5 Å². The van der Waals surface area contributed by atoms with Gasteiger partial charge in [0.2, 0.25) is 5.91 Å². The largest absolute Gasteiger partial charge is 0.497 e. The van der Waals surface area contributed by atoms with Crippen molar-refractivity contribution in [2.45, 2.75) is 25.8 Å². The molecule has 1 fully saturated rings. The lowest BCUT2D eigenvalue weighted by Crippen LogP contribution is -2.39. The van der Waals surface area contributed by atoms with E-state index in [1.54, 1.807) is 7.11 Å². The number of nitrogens with zero attached hydrogens (tertiary/aromatic N) is 4. The molecule has 0 spiro atoms. The van der Waals surface area contributed by atoms with Crippen LogP contribution in [0.15, 0.2) is 78.9 Å². The quantitative estimate of drug-likeness (QED) is 0.261. The number of hydrogen-bond donors (Lipinski definition) is 1. The van der Waals surface area contributed by atoms with Crippen molar-refractivity contribution in [1.82, 2.24) is 20.2 Å². The second-order valence-corrected chi connectivity index (χ2v) is 10.4. The second-order valence-electron chi connectivity index (χ2n) is 10.4. The van der Waals surface area contributed by atoms with Crippen LogP contribution in [-0.2, 0) is 9.53 Å². The van der Waals surface area contributed by atoms with Gasteiger partial charge in [-0.15, -0.1) is 0 Å². The highest BCUT2D eigenvalue weighted by molar-refractivity contribution is 5.91. The highest BCUT2D eigenvalue weighted by Crippen LogP contribution is 2.29. The van der Waals surface area contributed by atoms with Crippen LogP contribution >= 0.6 is 0 Å². The fourth-order valence-electron chi connectivity index (χ4n) is 5.18. The van der Waals surface area contributed by atoms with Gasteiger partial charge in [-0.2, -0.15) is 0 Å². The summed E-state index contributed by atoms with van der Waals surface area (Å²) in [5.41, 5.74) is 2.89. The van der Waals surface area contributed by atoms with E-state index in [4.69, 9.17) is 19.4 Å². The normalized spacial score (nSPS) is 14.5. The Labute approximate surface area is 242 Å². The van der Waals surface area contributed by atoms with E-state index >= 15 is 0 Å². The third-order valence-electron chi connectivity index (χ3n) is 7.52. The maximum absolute atomic E-state index is 13.1. The van der Waals surface area contributed by atoms with Crippen molar-refractivity contribution in [2.75, 3.05) is 57.9 Å². The number of hydrogen-bond acceptors (Lipinski definition) is 7. The van der Waals surface area contributed by atoms with Crippen molar-refractivity contribution in [3.63, 3.8) is 0 Å². The molecule has 1 N–H and O–H groups in total. The van der Waals surface area contributed by atoms with Crippen LogP contribution in [0.1, 0.15) is 31.4 Å². The fraction of sp³-hybridized carbons (Fsp3) is 0.364. The van der Waals surface area contributed by atoms with E-state index in [0.717, 1.165) is 79.4 Å². The van der Waals surface area contributed by atoms with E-state index in [1.165, 1.54) is 0 Å². The summed E-state index contributed by atoms with van der Waals surface area (Å²) in [6, 6.07) is 25.9. The number of nitrogens with one attached hydrogen (secondary N) is 1. The van der Waals surface area contributed by atoms with E-state index in [9.17, 15) is 4.79 Å². The Balaban J connectivity index is 1.38. The van der Waals surface area contributed by atoms with Crippen molar-refractivity contribution in [3.8, 4) is 17.1 Å². The lowest BCUT2D eigenvalue weighted by molar-refractivity contribution is -0.121. The molecule has 0 radical (unpaired) electrons. The third kappa shape index (κ3) is 7.60. The lowest BCUT2D eigenvalue weighted by atomic mass is 10.1. The zero-order valence-corrected chi connectivity index (χ0v) is 24.0. The number of carbonyl (C=O) groups is 1. The molecule has 0 unspecified atom stereocenters. The van der Waals surface area contributed by atoms with Gasteiger partial charge in [-0.25, -0.2) is 9.97 Å². The molecule has 1 aliphatic rings. The topological polar surface area (TPSA) is 79.8 Å². The molecule has 0 aliphatic carbocycles. The number of morpholine rings is 1. The summed E-state index contributed by atoms with van der Waals surface area (Å²) in [5.74, 6) is 2.32. The summed E-state index contributed by atoms with van der Waals surface area (Å²) in [7, 11) is 1.66. The molecule has 1 amide bonds. The first kappa shape index (κ1) is 28.5. The van der Waals surface area contributed by atoms with Crippen molar-refractivity contribution in [3.05, 3.63) is 84.4 Å². The van der Waals surface area contributed by atoms with Gasteiger partial charge in [0.1, 0.15) is 11.6 Å². The summed E-state index contributed by atoms with van der Waals surface area (Å²) >= 11 is 0. The number of fused-ring (bicyclic) bond motifs is 1. The zero-order valence-electron chi connectivity index (χ0n) is 24.0. The molecule has 1 atom stereocenters. The Morgan fingerprint density at radius 3 is 2.46 bits per heavy atom. The number of aromatic nitrogens is 2. The predicted molar refractivity (Wildman–Crippen MR) is 163 cm³/mol. The van der Waals surface area contributed by atoms with Crippen molar-refractivity contribution >= 4 is 22.6 Å². The maximum atomic E-state index is 13.1. The molecule has 1 saturated heterocycles. The molecular weight excluding hydrogens is 514 g/mol. The number of para-hydroxylation sites is 1. The van der Waals surface area contributed by atoms with E-state index in [-0.39, 0.29) is 11.9 Å². The maximum Gasteiger partial charge on any atom is 0.222 e. The fourth-order valence-corrected chi connectivity index (χ4v) is 5.18. The predicted octanol–water partition coefficient (Wildman–Crippen LogP) is 5.10. The second kappa shape index (κ2) is 14.1. The van der Waals surface area contributed by atoms with E-state index in [0.29, 0.717) is 18.8 Å². The van der Waals surface area contributed by atoms with Gasteiger partial charge in [-0.05, 0) is 55.3 Å². The number of amides is 1. The van der Waals surface area contributed by atoms with Crippen LogP contribution in [-0.4, -0.2) is 73.8 Å². The van der Waals surface area contributed by atoms with Gasteiger partial charge < -0.3 is 19.7 Å². The number of rotatable bonds is 12. The Morgan fingerprint density at radius 1 is 0.976 bits per heavy atom. The Bertz CT molecular complexity index is 1410. The first-order chi connectivity index (χ1) is 20.1. The highest BCUT2D eigenvalue weighted by Gasteiger charge is 2.19. The molecule has 8 nitrogen and oxygen atoms in total. The average molecular weight is 554 g/mol. The van der Waals surface area contributed by atoms with Crippen LogP contribution in [0.2, 0.25) is 0 Å².